The van der Waals surface area contributed by atoms with E-state index in [4.69, 9.17) is 11.5 Å². The molecule has 0 aromatic heterocycles. The second-order valence-corrected chi connectivity index (χ2v) is 3.94. The third-order valence-electron chi connectivity index (χ3n) is 1.49. The molecular formula is C10H26Cl2N2Pt. The average molecular weight is 440 g/mol. The van der Waals surface area contributed by atoms with Gasteiger partial charge in [-0.1, -0.05) is 27.7 Å². The molecule has 0 heterocycles. The molecule has 0 fully saturated rings. The fraction of sp³-hybridized carbons (Fsp3) is 1.00. The predicted molar refractivity (Wildman–Crippen MR) is 57.0 cm³/mol. The molecule has 4 N–H and O–H groups in total. The molecule has 0 rings (SSSR count). The Labute approximate surface area is 122 Å². The van der Waals surface area contributed by atoms with Crippen molar-refractivity contribution in [1.29, 1.82) is 0 Å². The Hall–Kier alpha value is 1.19. The Balaban J connectivity index is -0.0000000370. The second kappa shape index (κ2) is 24.4. The molecule has 0 aliphatic rings. The first-order chi connectivity index (χ1) is 5.54. The largest absolute Gasteiger partial charge is 2.00 e. The Kier molecular flexibility index (Phi) is 48.6. The van der Waals surface area contributed by atoms with E-state index < -0.39 is 0 Å². The van der Waals surface area contributed by atoms with Crippen molar-refractivity contribution in [3.8, 4) is 0 Å². The average Bonchev–Trinajstić information content (AvgIpc) is 1.87. The molecule has 0 aromatic rings. The maximum absolute atomic E-state index is 5.23. The van der Waals surface area contributed by atoms with Gasteiger partial charge in [0.25, 0.3) is 0 Å². The van der Waals surface area contributed by atoms with Crippen molar-refractivity contribution >= 4 is 0 Å². The third kappa shape index (κ3) is 51.1. The van der Waals surface area contributed by atoms with Crippen LogP contribution in [0.5, 0.6) is 0 Å². The minimum absolute atomic E-state index is 0. The van der Waals surface area contributed by atoms with Gasteiger partial charge in [-0.25, -0.2) is 0 Å². The van der Waals surface area contributed by atoms with Gasteiger partial charge >= 0.3 is 21.1 Å². The van der Waals surface area contributed by atoms with Gasteiger partial charge in [-0.3, -0.25) is 0 Å². The minimum atomic E-state index is 0. The number of hydrogen-bond acceptors (Lipinski definition) is 2. The van der Waals surface area contributed by atoms with Crippen LogP contribution in [0, 0.1) is 11.8 Å². The van der Waals surface area contributed by atoms with Crippen molar-refractivity contribution in [2.24, 2.45) is 23.3 Å². The summed E-state index contributed by atoms with van der Waals surface area (Å²) >= 11 is 0. The van der Waals surface area contributed by atoms with Crippen LogP contribution >= 0.6 is 0 Å². The van der Waals surface area contributed by atoms with Crippen LogP contribution in [-0.4, -0.2) is 13.1 Å². The zero-order valence-corrected chi connectivity index (χ0v) is 14.0. The van der Waals surface area contributed by atoms with Crippen LogP contribution in [-0.2, 0) is 21.1 Å². The molecule has 15 heavy (non-hydrogen) atoms. The molecule has 0 saturated heterocycles. The van der Waals surface area contributed by atoms with Crippen molar-refractivity contribution in [2.45, 2.75) is 40.5 Å². The normalized spacial score (nSPS) is 8.00. The summed E-state index contributed by atoms with van der Waals surface area (Å²) in [4.78, 5) is 0. The Morgan fingerprint density at radius 3 is 0.933 bits per heavy atom. The van der Waals surface area contributed by atoms with Gasteiger partial charge < -0.3 is 36.3 Å². The first-order valence-electron chi connectivity index (χ1n) is 4.94. The maximum atomic E-state index is 5.23. The molecule has 0 atom stereocenters. The van der Waals surface area contributed by atoms with Crippen molar-refractivity contribution in [3.63, 3.8) is 0 Å². The van der Waals surface area contributed by atoms with Crippen LogP contribution in [0.15, 0.2) is 0 Å². The summed E-state index contributed by atoms with van der Waals surface area (Å²) in [5.74, 6) is 1.55. The molecule has 100 valence electrons. The number of nitrogens with two attached hydrogens (primary N) is 2. The van der Waals surface area contributed by atoms with Gasteiger partial charge in [-0.05, 0) is 37.8 Å². The van der Waals surface area contributed by atoms with Crippen molar-refractivity contribution < 1.29 is 45.9 Å². The van der Waals surface area contributed by atoms with Crippen LogP contribution < -0.4 is 36.3 Å². The summed E-state index contributed by atoms with van der Waals surface area (Å²) < 4.78 is 0. The van der Waals surface area contributed by atoms with E-state index in [9.17, 15) is 0 Å². The predicted octanol–water partition coefficient (Wildman–Crippen LogP) is -4.01. The van der Waals surface area contributed by atoms with E-state index in [-0.39, 0.29) is 45.9 Å². The summed E-state index contributed by atoms with van der Waals surface area (Å²) in [5, 5.41) is 0. The molecule has 0 saturated carbocycles. The van der Waals surface area contributed by atoms with E-state index in [1.807, 2.05) is 0 Å². The van der Waals surface area contributed by atoms with Crippen molar-refractivity contribution in [3.05, 3.63) is 0 Å². The zero-order chi connectivity index (χ0) is 9.98. The van der Waals surface area contributed by atoms with Crippen molar-refractivity contribution in [2.75, 3.05) is 13.1 Å². The third-order valence-corrected chi connectivity index (χ3v) is 1.49. The van der Waals surface area contributed by atoms with Crippen LogP contribution in [0.2, 0.25) is 0 Å². The molecule has 2 nitrogen and oxygen atoms in total. The van der Waals surface area contributed by atoms with Gasteiger partial charge in [-0.15, -0.1) is 0 Å². The number of hydrogen-bond donors (Lipinski definition) is 2. The first kappa shape index (κ1) is 29.8. The van der Waals surface area contributed by atoms with Gasteiger partial charge in [0, 0.05) is 0 Å². The fourth-order valence-electron chi connectivity index (χ4n) is 0.667. The smallest absolute Gasteiger partial charge is 1.00 e. The summed E-state index contributed by atoms with van der Waals surface area (Å²) in [7, 11) is 0. The molecule has 5 heteroatoms. The molecule has 0 aromatic carbocycles. The monoisotopic (exact) mass is 439 g/mol. The van der Waals surface area contributed by atoms with Crippen LogP contribution in [0.3, 0.4) is 0 Å². The molecule has 0 spiro atoms. The molecule has 0 unspecified atom stereocenters. The summed E-state index contributed by atoms with van der Waals surface area (Å²) in [5.41, 5.74) is 10.5. The van der Waals surface area contributed by atoms with Gasteiger partial charge in [0.1, 0.15) is 0 Å². The summed E-state index contributed by atoms with van der Waals surface area (Å²) in [6.45, 7) is 10.4. The summed E-state index contributed by atoms with van der Waals surface area (Å²) in [6.07, 6.45) is 2.31. The topological polar surface area (TPSA) is 52.0 Å². The van der Waals surface area contributed by atoms with Gasteiger partial charge in [0.05, 0.1) is 0 Å². The van der Waals surface area contributed by atoms with Gasteiger partial charge in [0.2, 0.25) is 0 Å². The van der Waals surface area contributed by atoms with Crippen molar-refractivity contribution in [1.82, 2.24) is 0 Å². The Morgan fingerprint density at radius 1 is 0.733 bits per heavy atom. The standard InChI is InChI=1S/2C5H13N.2ClH.Pt/c2*1-5(2)3-4-6;;;/h2*5H,3-4,6H2,1-2H3;2*1H;/q;;;;+2/p-2. The minimum Gasteiger partial charge on any atom is -1.00 e. The van der Waals surface area contributed by atoms with E-state index >= 15 is 0 Å². The Bertz CT molecular complexity index is 73.8. The molecule has 0 amide bonds. The van der Waals surface area contributed by atoms with E-state index in [1.165, 1.54) is 0 Å². The van der Waals surface area contributed by atoms with E-state index in [0.29, 0.717) is 0 Å². The van der Waals surface area contributed by atoms with E-state index in [0.717, 1.165) is 37.8 Å². The number of halogens is 2. The van der Waals surface area contributed by atoms with Crippen LogP contribution in [0.25, 0.3) is 0 Å². The quantitative estimate of drug-likeness (QED) is 0.469. The molecule has 0 aliphatic carbocycles. The fourth-order valence-corrected chi connectivity index (χ4v) is 0.667. The molecular weight excluding hydrogens is 414 g/mol. The second-order valence-electron chi connectivity index (χ2n) is 3.94. The van der Waals surface area contributed by atoms with E-state index in [1.54, 1.807) is 0 Å². The summed E-state index contributed by atoms with van der Waals surface area (Å²) in [6, 6.07) is 0. The van der Waals surface area contributed by atoms with E-state index in [2.05, 4.69) is 27.7 Å². The number of rotatable bonds is 4. The zero-order valence-electron chi connectivity index (χ0n) is 10.2. The Morgan fingerprint density at radius 2 is 0.933 bits per heavy atom. The van der Waals surface area contributed by atoms with Crippen LogP contribution in [0.4, 0.5) is 0 Å². The first-order valence-corrected chi connectivity index (χ1v) is 4.94. The molecule has 0 aliphatic heterocycles. The molecule has 0 radical (unpaired) electrons. The molecule has 0 bridgehead atoms. The maximum Gasteiger partial charge on any atom is 2.00 e. The van der Waals surface area contributed by atoms with Gasteiger partial charge in [0.15, 0.2) is 0 Å². The van der Waals surface area contributed by atoms with Crippen LogP contribution in [0.1, 0.15) is 40.5 Å². The van der Waals surface area contributed by atoms with Gasteiger partial charge in [-0.2, -0.15) is 0 Å². The SMILES string of the molecule is CC(C)CCN.CC(C)CCN.[Cl-].[Cl-].[Pt+2].